The second-order valence-corrected chi connectivity index (χ2v) is 20.2. The molecule has 3 aliphatic heterocycles. The first-order valence-electron chi connectivity index (χ1n) is 25.1. The van der Waals surface area contributed by atoms with Crippen LogP contribution in [0.1, 0.15) is 126 Å². The summed E-state index contributed by atoms with van der Waals surface area (Å²) in [6.45, 7) is 13.7. The second-order valence-electron chi connectivity index (χ2n) is 20.2. The van der Waals surface area contributed by atoms with Crippen molar-refractivity contribution in [1.29, 1.82) is 0 Å². The highest BCUT2D eigenvalue weighted by atomic mass is 16.6. The Hall–Kier alpha value is -3.41. The zero-order valence-electron chi connectivity index (χ0n) is 42.6. The SMILES string of the molecule is CO[C@H]1CC2CC[C@@H](C)[C@@](O)(O2)C(=O)C(=O)N2CCCCC2C(=O)O[C@H]([C@H](C)C[C@@H]2CC[C@@H](OCCN)[C@H](OC)C2)CC(=O)[C@H](C)/C=C(\C)[C@@H](O)[C@@H](OC)C(=O)[C@H](C)C[C@H](C)/C=C/C=C/C=C/1C. The molecule has 0 spiro atoms. The van der Waals surface area contributed by atoms with E-state index in [0.29, 0.717) is 70.1 Å². The molecule has 2 saturated heterocycles. The normalized spacial score (nSPS) is 39.2. The molecule has 4 N–H and O–H groups in total. The first-order valence-corrected chi connectivity index (χ1v) is 25.1. The van der Waals surface area contributed by atoms with E-state index >= 15 is 0 Å². The molecule has 4 rings (SSSR count). The van der Waals surface area contributed by atoms with Crippen molar-refractivity contribution in [3.05, 3.63) is 47.6 Å². The first kappa shape index (κ1) is 57.2. The number of aliphatic hydroxyl groups excluding tert-OH is 1. The molecule has 15 heteroatoms. The van der Waals surface area contributed by atoms with Gasteiger partial charge in [0.15, 0.2) is 5.78 Å². The molecule has 3 fully saturated rings. The van der Waals surface area contributed by atoms with Gasteiger partial charge in [-0.05, 0) is 107 Å². The van der Waals surface area contributed by atoms with Crippen LogP contribution in [0, 0.1) is 35.5 Å². The maximum Gasteiger partial charge on any atom is 0.329 e. The molecule has 4 aliphatic rings. The number of amides is 1. The molecule has 68 heavy (non-hydrogen) atoms. The van der Waals surface area contributed by atoms with E-state index in [1.807, 2.05) is 58.1 Å². The Bertz CT molecular complexity index is 1810. The number of nitrogens with two attached hydrogens (primary N) is 1. The van der Waals surface area contributed by atoms with Crippen LogP contribution in [0.3, 0.4) is 0 Å². The van der Waals surface area contributed by atoms with Crippen molar-refractivity contribution < 1.29 is 62.6 Å². The van der Waals surface area contributed by atoms with Crippen LogP contribution in [0.15, 0.2) is 47.6 Å². The molecule has 1 aliphatic carbocycles. The van der Waals surface area contributed by atoms with Gasteiger partial charge in [-0.1, -0.05) is 71.1 Å². The Morgan fingerprint density at radius 2 is 1.60 bits per heavy atom. The van der Waals surface area contributed by atoms with Gasteiger partial charge in [-0.15, -0.1) is 0 Å². The van der Waals surface area contributed by atoms with Crippen LogP contribution in [0.4, 0.5) is 0 Å². The average Bonchev–Trinajstić information content (AvgIpc) is 3.32. The Balaban J connectivity index is 1.70. The van der Waals surface area contributed by atoms with Gasteiger partial charge in [-0.3, -0.25) is 19.2 Å². The largest absolute Gasteiger partial charge is 0.460 e. The second kappa shape index (κ2) is 27.3. The van der Waals surface area contributed by atoms with E-state index in [9.17, 15) is 34.2 Å². The lowest BCUT2D eigenvalue weighted by Crippen LogP contribution is -2.61. The first-order chi connectivity index (χ1) is 32.3. The van der Waals surface area contributed by atoms with Gasteiger partial charge in [-0.2, -0.15) is 0 Å². The zero-order chi connectivity index (χ0) is 50.3. The quantitative estimate of drug-likeness (QED) is 0.134. The lowest BCUT2D eigenvalue weighted by atomic mass is 9.78. The average molecular weight is 957 g/mol. The molecule has 3 heterocycles. The van der Waals surface area contributed by atoms with Crippen molar-refractivity contribution in [3.63, 3.8) is 0 Å². The smallest absolute Gasteiger partial charge is 0.329 e. The number of cyclic esters (lactones) is 1. The molecule has 1 saturated carbocycles. The van der Waals surface area contributed by atoms with Gasteiger partial charge in [0.05, 0.1) is 31.0 Å². The number of aliphatic hydroxyl groups is 2. The third-order valence-corrected chi connectivity index (χ3v) is 14.9. The topological polar surface area (TPSA) is 210 Å². The Morgan fingerprint density at radius 3 is 2.28 bits per heavy atom. The molecular formula is C53H84N2O13. The summed E-state index contributed by atoms with van der Waals surface area (Å²) in [6.07, 6.45) is 12.4. The summed E-state index contributed by atoms with van der Waals surface area (Å²) in [5.74, 6) is -7.84. The van der Waals surface area contributed by atoms with Crippen molar-refractivity contribution in [2.24, 2.45) is 41.2 Å². The number of carbonyl (C=O) groups excluding carboxylic acids is 5. The van der Waals surface area contributed by atoms with Gasteiger partial charge in [0.25, 0.3) is 11.7 Å². The van der Waals surface area contributed by atoms with E-state index in [2.05, 4.69) is 0 Å². The van der Waals surface area contributed by atoms with E-state index in [0.717, 1.165) is 18.4 Å². The summed E-state index contributed by atoms with van der Waals surface area (Å²) in [6, 6.07) is -1.13. The van der Waals surface area contributed by atoms with Crippen LogP contribution >= 0.6 is 0 Å². The van der Waals surface area contributed by atoms with E-state index in [1.165, 1.54) is 12.0 Å². The highest BCUT2D eigenvalue weighted by Gasteiger charge is 2.53. The minimum absolute atomic E-state index is 0.0199. The third-order valence-electron chi connectivity index (χ3n) is 14.9. The number of nitrogens with zero attached hydrogens (tertiary/aromatic N) is 1. The van der Waals surface area contributed by atoms with Crippen molar-refractivity contribution in [1.82, 2.24) is 4.90 Å². The number of hydrogen-bond acceptors (Lipinski definition) is 14. The van der Waals surface area contributed by atoms with Crippen LogP contribution in [0.2, 0.25) is 0 Å². The molecule has 1 amide bonds. The minimum Gasteiger partial charge on any atom is -0.460 e. The molecular weight excluding hydrogens is 873 g/mol. The van der Waals surface area contributed by atoms with Crippen molar-refractivity contribution >= 4 is 29.2 Å². The molecule has 384 valence electrons. The number of Topliss-reactive ketones (excluding diaryl/α,β-unsaturated/α-hetero) is 3. The number of ketones is 3. The summed E-state index contributed by atoms with van der Waals surface area (Å²) in [5, 5.41) is 23.5. The number of methoxy groups -OCH3 is 3. The monoisotopic (exact) mass is 957 g/mol. The summed E-state index contributed by atoms with van der Waals surface area (Å²) in [4.78, 5) is 72.2. The predicted octanol–water partition coefficient (Wildman–Crippen LogP) is 6.16. The van der Waals surface area contributed by atoms with Crippen molar-refractivity contribution in [2.45, 2.75) is 180 Å². The molecule has 0 aromatic rings. The summed E-state index contributed by atoms with van der Waals surface area (Å²) >= 11 is 0. The summed E-state index contributed by atoms with van der Waals surface area (Å²) in [7, 11) is 4.62. The Labute approximate surface area is 405 Å². The lowest BCUT2D eigenvalue weighted by molar-refractivity contribution is -0.265. The Morgan fingerprint density at radius 1 is 0.868 bits per heavy atom. The Kier molecular flexibility index (Phi) is 22.9. The summed E-state index contributed by atoms with van der Waals surface area (Å²) in [5.41, 5.74) is 6.99. The maximum absolute atomic E-state index is 14.5. The fraction of sp³-hybridized carbons (Fsp3) is 0.755. The van der Waals surface area contributed by atoms with Gasteiger partial charge in [-0.25, -0.2) is 4.79 Å². The molecule has 0 aromatic carbocycles. The van der Waals surface area contributed by atoms with Gasteiger partial charge in [0, 0.05) is 65.0 Å². The maximum atomic E-state index is 14.5. The number of piperidine rings is 1. The molecule has 2 bridgehead atoms. The van der Waals surface area contributed by atoms with Gasteiger partial charge in [0.2, 0.25) is 5.79 Å². The van der Waals surface area contributed by atoms with Crippen molar-refractivity contribution in [2.75, 3.05) is 41.0 Å². The number of esters is 1. The van der Waals surface area contributed by atoms with E-state index < -0.39 is 77.8 Å². The number of allylic oxidation sites excluding steroid dienone is 6. The summed E-state index contributed by atoms with van der Waals surface area (Å²) < 4.78 is 35.8. The van der Waals surface area contributed by atoms with Crippen LogP contribution in [0.5, 0.6) is 0 Å². The fourth-order valence-corrected chi connectivity index (χ4v) is 10.5. The number of hydrogen-bond donors (Lipinski definition) is 3. The molecule has 0 aromatic heterocycles. The highest BCUT2D eigenvalue weighted by molar-refractivity contribution is 6.39. The van der Waals surface area contributed by atoms with E-state index in [1.54, 1.807) is 41.1 Å². The van der Waals surface area contributed by atoms with E-state index in [4.69, 9.17) is 34.2 Å². The van der Waals surface area contributed by atoms with Crippen LogP contribution in [0.25, 0.3) is 0 Å². The van der Waals surface area contributed by atoms with Crippen LogP contribution in [-0.4, -0.2) is 140 Å². The number of ether oxygens (including phenoxy) is 6. The zero-order valence-corrected chi connectivity index (χ0v) is 42.6. The van der Waals surface area contributed by atoms with Crippen LogP contribution in [-0.2, 0) is 52.4 Å². The highest BCUT2D eigenvalue weighted by Crippen LogP contribution is 2.38. The van der Waals surface area contributed by atoms with E-state index in [-0.39, 0.29) is 60.9 Å². The third kappa shape index (κ3) is 15.3. The molecule has 2 unspecified atom stereocenters. The van der Waals surface area contributed by atoms with Gasteiger partial charge >= 0.3 is 5.97 Å². The number of carbonyl (C=O) groups is 5. The standard InChI is InChI=1S/C53H84N2O13/c1-32-16-12-11-13-17-33(2)44(63-8)30-40-21-19-38(7)53(62,68-40)50(59)51(60)55-24-15-14-18-41(55)52(61)67-45(35(4)28-39-20-22-43(66-25-23-54)46(29-39)64-9)31-42(56)34(3)27-37(6)48(58)49(65-10)47(57)36(5)26-32/h11-13,16-17,27,32,34-36,38-41,43-46,48-49,58,62H,14-15,18-26,28-31,54H2,1-10H3/b13-11+,16-12+,33-17+,37-27+/t32-,34-,35-,36-,38-,39+,40?,41?,43-,44+,45+,46-,48-,49+,53-/m1/s1. The predicted molar refractivity (Wildman–Crippen MR) is 258 cm³/mol. The van der Waals surface area contributed by atoms with Gasteiger partial charge in [0.1, 0.15) is 30.1 Å². The number of fused-ring (bicyclic) bond motifs is 3. The van der Waals surface area contributed by atoms with Gasteiger partial charge < -0.3 is 49.3 Å². The molecule has 0 radical (unpaired) electrons. The van der Waals surface area contributed by atoms with Crippen LogP contribution < -0.4 is 5.73 Å². The number of rotatable bonds is 9. The molecule has 15 atom stereocenters. The molecule has 15 nitrogen and oxygen atoms in total. The fourth-order valence-electron chi connectivity index (χ4n) is 10.5. The lowest BCUT2D eigenvalue weighted by Gasteiger charge is -2.42. The van der Waals surface area contributed by atoms with Crippen molar-refractivity contribution in [3.8, 4) is 0 Å². The minimum atomic E-state index is -2.43.